The van der Waals surface area contributed by atoms with Gasteiger partial charge >= 0.3 is 0 Å². The number of allylic oxidation sites excluding steroid dienone is 1. The molecule has 4 heteroatoms. The summed E-state index contributed by atoms with van der Waals surface area (Å²) in [6, 6.07) is 0.147. The van der Waals surface area contributed by atoms with E-state index in [1.54, 1.807) is 4.91 Å². The van der Waals surface area contributed by atoms with E-state index in [0.717, 1.165) is 25.0 Å². The van der Waals surface area contributed by atoms with Crippen LogP contribution in [0.5, 0.6) is 0 Å². The average Bonchev–Trinajstić information content (AvgIpc) is 3.35. The zero-order valence-corrected chi connectivity index (χ0v) is 20.2. The van der Waals surface area contributed by atoms with E-state index in [9.17, 15) is 0 Å². The number of fused-ring (bicyclic) bond motifs is 6. The van der Waals surface area contributed by atoms with E-state index in [2.05, 4.69) is 62.2 Å². The van der Waals surface area contributed by atoms with Crippen LogP contribution in [0.2, 0.25) is 0 Å². The molecule has 3 nitrogen and oxygen atoms in total. The number of ether oxygens (including phenoxy) is 1. The number of nitrogens with one attached hydrogen (secondary N) is 2. The molecule has 6 rings (SSSR count). The molecule has 0 bridgehead atoms. The Hall–Kier alpha value is -0.710. The van der Waals surface area contributed by atoms with E-state index >= 15 is 0 Å². The van der Waals surface area contributed by atoms with Gasteiger partial charge in [-0.2, -0.15) is 0 Å². The van der Waals surface area contributed by atoms with Crippen molar-refractivity contribution in [2.75, 3.05) is 0 Å². The van der Waals surface area contributed by atoms with Crippen molar-refractivity contribution in [2.45, 2.75) is 103 Å². The summed E-state index contributed by atoms with van der Waals surface area (Å²) in [6.45, 7) is 7.87. The lowest BCUT2D eigenvalue weighted by Crippen LogP contribution is -2.54. The Morgan fingerprint density at radius 2 is 1.97 bits per heavy atom. The van der Waals surface area contributed by atoms with Crippen molar-refractivity contribution in [2.24, 2.45) is 28.6 Å². The third kappa shape index (κ3) is 3.22. The van der Waals surface area contributed by atoms with Gasteiger partial charge in [0.1, 0.15) is 5.76 Å². The van der Waals surface area contributed by atoms with Crippen molar-refractivity contribution >= 4 is 11.8 Å². The van der Waals surface area contributed by atoms with E-state index in [-0.39, 0.29) is 12.1 Å². The second-order valence-electron chi connectivity index (χ2n) is 12.1. The molecule has 0 amide bonds. The standard InChI is InChI=1S/C27H40N2OS/c1-15-9-10-17-16-7-6-8-18(23(16)30-25(17)28-15)19-11-12-20-22(29-19)21-24(31-20)27(4,5)14-13-26(21,2)3/h9-10,12,15-17,19,21-22,24-25,28-29H,6-8,11,13-14H2,1-5H3/t15-,16+,17?,19-,21?,22?,24?,25+/m1/s1/i1D3. The van der Waals surface area contributed by atoms with Crippen LogP contribution in [0.25, 0.3) is 0 Å². The van der Waals surface area contributed by atoms with Gasteiger partial charge in [0.15, 0.2) is 6.23 Å². The molecule has 4 unspecified atom stereocenters. The molecule has 4 heterocycles. The minimum atomic E-state index is -2.04. The Balaban J connectivity index is 1.27. The minimum Gasteiger partial charge on any atom is -0.479 e. The maximum atomic E-state index is 7.82. The molecular formula is C27H40N2OS. The minimum absolute atomic E-state index is 0.220. The fourth-order valence-corrected chi connectivity index (χ4v) is 9.34. The van der Waals surface area contributed by atoms with Crippen LogP contribution in [-0.4, -0.2) is 29.6 Å². The smallest absolute Gasteiger partial charge is 0.157 e. The predicted molar refractivity (Wildman–Crippen MR) is 130 cm³/mol. The molecule has 3 fully saturated rings. The maximum Gasteiger partial charge on any atom is 0.157 e. The van der Waals surface area contributed by atoms with E-state index in [1.807, 2.05) is 6.08 Å². The van der Waals surface area contributed by atoms with Crippen LogP contribution in [0.15, 0.2) is 34.5 Å². The lowest BCUT2D eigenvalue weighted by Gasteiger charge is -2.51. The quantitative estimate of drug-likeness (QED) is 0.505. The monoisotopic (exact) mass is 443 g/mol. The maximum absolute atomic E-state index is 7.82. The van der Waals surface area contributed by atoms with Crippen molar-refractivity contribution in [3.05, 3.63) is 34.5 Å². The molecule has 0 aromatic carbocycles. The van der Waals surface area contributed by atoms with Gasteiger partial charge in [0, 0.05) is 39.3 Å². The van der Waals surface area contributed by atoms with Crippen molar-refractivity contribution in [1.82, 2.24) is 10.6 Å². The summed E-state index contributed by atoms with van der Waals surface area (Å²) in [5, 5.41) is 8.11. The molecule has 4 aliphatic heterocycles. The lowest BCUT2D eigenvalue weighted by molar-refractivity contribution is 0.0511. The van der Waals surface area contributed by atoms with Gasteiger partial charge in [0.25, 0.3) is 0 Å². The number of hydrogen-bond acceptors (Lipinski definition) is 4. The molecule has 2 aliphatic carbocycles. The molecule has 0 radical (unpaired) electrons. The van der Waals surface area contributed by atoms with Crippen molar-refractivity contribution in [3.8, 4) is 0 Å². The van der Waals surface area contributed by atoms with E-state index in [4.69, 9.17) is 8.85 Å². The van der Waals surface area contributed by atoms with Gasteiger partial charge in [-0.25, -0.2) is 0 Å². The molecule has 2 N–H and O–H groups in total. The van der Waals surface area contributed by atoms with Crippen LogP contribution in [0.4, 0.5) is 0 Å². The van der Waals surface area contributed by atoms with Gasteiger partial charge in [-0.15, -0.1) is 11.8 Å². The first-order valence-corrected chi connectivity index (χ1v) is 13.3. The van der Waals surface area contributed by atoms with Gasteiger partial charge in [0.05, 0.1) is 0 Å². The summed E-state index contributed by atoms with van der Waals surface area (Å²) in [7, 11) is 0. The fourth-order valence-electron chi connectivity index (χ4n) is 7.39. The molecule has 0 aromatic rings. The lowest BCUT2D eigenvalue weighted by atomic mass is 9.58. The third-order valence-electron chi connectivity index (χ3n) is 9.25. The van der Waals surface area contributed by atoms with Crippen molar-refractivity contribution < 1.29 is 8.85 Å². The van der Waals surface area contributed by atoms with Gasteiger partial charge in [0.2, 0.25) is 0 Å². The number of thioether (sulfide) groups is 1. The van der Waals surface area contributed by atoms with Crippen LogP contribution in [0.1, 0.15) is 77.2 Å². The topological polar surface area (TPSA) is 33.3 Å². The largest absolute Gasteiger partial charge is 0.479 e. The highest BCUT2D eigenvalue weighted by atomic mass is 32.2. The third-order valence-corrected chi connectivity index (χ3v) is 11.1. The van der Waals surface area contributed by atoms with Gasteiger partial charge < -0.3 is 10.1 Å². The fraction of sp³-hybridized carbons (Fsp3) is 0.778. The van der Waals surface area contributed by atoms with Crippen LogP contribution in [0, 0.1) is 28.6 Å². The highest BCUT2D eigenvalue weighted by Crippen LogP contribution is 2.62. The number of hydrogen-bond donors (Lipinski definition) is 2. The molecule has 0 aromatic heterocycles. The average molecular weight is 444 g/mol. The Morgan fingerprint density at radius 3 is 2.81 bits per heavy atom. The summed E-state index contributed by atoms with van der Waals surface area (Å²) >= 11 is 2.15. The summed E-state index contributed by atoms with van der Waals surface area (Å²) in [6.07, 6.45) is 13.3. The molecule has 31 heavy (non-hydrogen) atoms. The SMILES string of the molecule is [2H]C([2H])([2H])[C@@H]1C=CC2[C@@H]3CCCC([C@H]4CC=C5SC6C(C5N4)C(C)(C)CCC6(C)C)=C3O[C@@H]2N1. The van der Waals surface area contributed by atoms with Crippen molar-refractivity contribution in [1.29, 1.82) is 0 Å². The van der Waals surface area contributed by atoms with Crippen LogP contribution < -0.4 is 10.6 Å². The van der Waals surface area contributed by atoms with E-state index < -0.39 is 12.9 Å². The second kappa shape index (κ2) is 7.14. The molecule has 170 valence electrons. The number of rotatable bonds is 1. The first-order valence-electron chi connectivity index (χ1n) is 13.9. The van der Waals surface area contributed by atoms with Gasteiger partial charge in [-0.05, 0) is 72.6 Å². The summed E-state index contributed by atoms with van der Waals surface area (Å²) < 4.78 is 30.0. The van der Waals surface area contributed by atoms with Crippen molar-refractivity contribution in [3.63, 3.8) is 0 Å². The normalized spacial score (nSPS) is 48.9. The van der Waals surface area contributed by atoms with Gasteiger partial charge in [-0.3, -0.25) is 5.32 Å². The first kappa shape index (κ1) is 17.7. The molecular weight excluding hydrogens is 400 g/mol. The molecule has 0 spiro atoms. The zero-order valence-electron chi connectivity index (χ0n) is 22.4. The summed E-state index contributed by atoms with van der Waals surface area (Å²) in [5.74, 6) is 2.42. The predicted octanol–water partition coefficient (Wildman–Crippen LogP) is 5.75. The highest BCUT2D eigenvalue weighted by molar-refractivity contribution is 8.04. The summed E-state index contributed by atoms with van der Waals surface area (Å²) in [5.41, 5.74) is 2.16. The van der Waals surface area contributed by atoms with Gasteiger partial charge in [-0.1, -0.05) is 45.9 Å². The highest BCUT2D eigenvalue weighted by Gasteiger charge is 2.57. The molecule has 1 saturated carbocycles. The van der Waals surface area contributed by atoms with E-state index in [0.29, 0.717) is 40.0 Å². The molecule has 8 atom stereocenters. The zero-order chi connectivity index (χ0) is 24.0. The molecule has 2 saturated heterocycles. The molecule has 6 aliphatic rings. The van der Waals surface area contributed by atoms with Crippen LogP contribution in [0.3, 0.4) is 0 Å². The first-order chi connectivity index (χ1) is 16.0. The van der Waals surface area contributed by atoms with Crippen LogP contribution in [-0.2, 0) is 4.74 Å². The Kier molecular flexibility index (Phi) is 4.08. The van der Waals surface area contributed by atoms with E-state index in [1.165, 1.54) is 24.8 Å². The summed E-state index contributed by atoms with van der Waals surface area (Å²) in [4.78, 5) is 1.57. The Morgan fingerprint density at radius 1 is 1.13 bits per heavy atom. The Bertz CT molecular complexity index is 952. The van der Waals surface area contributed by atoms with Crippen LogP contribution >= 0.6 is 11.8 Å². The Labute approximate surface area is 197 Å². The second-order valence-corrected chi connectivity index (χ2v) is 13.3.